The number of halogens is 1. The molecule has 3 aromatic rings. The maximum absolute atomic E-state index is 11.1. The molecule has 0 radical (unpaired) electrons. The van der Waals surface area contributed by atoms with Crippen LogP contribution in [0.25, 0.3) is 0 Å². The van der Waals surface area contributed by atoms with Crippen molar-refractivity contribution in [3.05, 3.63) is 99.6 Å². The minimum atomic E-state index is -1.28. The summed E-state index contributed by atoms with van der Waals surface area (Å²) in [5.74, 6) is -1.48. The second-order valence-corrected chi connectivity index (χ2v) is 7.91. The lowest BCUT2D eigenvalue weighted by Gasteiger charge is -2.32. The number of carbonyl (C=O) groups is 2. The number of hydrogen-bond acceptors (Lipinski definition) is 5. The molecule has 0 unspecified atom stereocenters. The molecule has 1 aliphatic heterocycles. The summed E-state index contributed by atoms with van der Waals surface area (Å²) in [7, 11) is 0. The summed E-state index contributed by atoms with van der Waals surface area (Å²) in [6.07, 6.45) is -0.317. The van der Waals surface area contributed by atoms with Gasteiger partial charge in [0.15, 0.2) is 0 Å². The molecule has 30 heavy (non-hydrogen) atoms. The van der Waals surface area contributed by atoms with Crippen molar-refractivity contribution in [3.8, 4) is 5.75 Å². The van der Waals surface area contributed by atoms with Gasteiger partial charge in [-0.15, -0.1) is 0 Å². The Morgan fingerprint density at radius 3 is 1.93 bits per heavy atom. The van der Waals surface area contributed by atoms with Crippen molar-refractivity contribution in [2.45, 2.75) is 25.7 Å². The van der Waals surface area contributed by atoms with Gasteiger partial charge in [-0.3, -0.25) is 9.59 Å². The highest BCUT2D eigenvalue weighted by molar-refractivity contribution is 14.1. The molecule has 1 aliphatic rings. The van der Waals surface area contributed by atoms with Gasteiger partial charge in [-0.2, -0.15) is 0 Å². The fourth-order valence-corrected chi connectivity index (χ4v) is 3.14. The van der Waals surface area contributed by atoms with Gasteiger partial charge in [0.05, 0.1) is 0 Å². The molecule has 0 spiro atoms. The number of hydrogen-bond donors (Lipinski definition) is 0. The molecule has 0 aliphatic carbocycles. The minimum absolute atomic E-state index is 0.317. The second-order valence-electron chi connectivity index (χ2n) is 6.66. The molecule has 6 heteroatoms. The van der Waals surface area contributed by atoms with Crippen molar-refractivity contribution < 1.29 is 23.8 Å². The van der Waals surface area contributed by atoms with E-state index in [1.165, 1.54) is 9.13 Å². The van der Waals surface area contributed by atoms with Crippen molar-refractivity contribution in [1.82, 2.24) is 0 Å². The van der Waals surface area contributed by atoms with Gasteiger partial charge in [0, 0.05) is 16.1 Å². The predicted octanol–water partition coefficient (Wildman–Crippen LogP) is 5.22. The van der Waals surface area contributed by atoms with Gasteiger partial charge in [-0.1, -0.05) is 60.7 Å². The molecule has 1 fully saturated rings. The van der Waals surface area contributed by atoms with Crippen molar-refractivity contribution >= 4 is 34.5 Å². The van der Waals surface area contributed by atoms with Gasteiger partial charge >= 0.3 is 11.9 Å². The topological polar surface area (TPSA) is 61.8 Å². The monoisotopic (exact) mass is 516 g/mol. The molecule has 0 atom stereocenters. The summed E-state index contributed by atoms with van der Waals surface area (Å²) < 4.78 is 17.0. The average Bonchev–Trinajstić information content (AvgIpc) is 2.74. The third-order valence-electron chi connectivity index (χ3n) is 4.27. The molecular weight excluding hydrogens is 495 g/mol. The van der Waals surface area contributed by atoms with Crippen LogP contribution >= 0.6 is 22.6 Å². The quantitative estimate of drug-likeness (QED) is 0.271. The Bertz CT molecular complexity index is 955. The Morgan fingerprint density at radius 1 is 0.833 bits per heavy atom. The summed E-state index contributed by atoms with van der Waals surface area (Å²) in [5, 5.41) is 0. The second kappa shape index (κ2) is 10.2. The van der Waals surface area contributed by atoms with Crippen LogP contribution in [-0.2, 0) is 31.5 Å². The van der Waals surface area contributed by atoms with Crippen LogP contribution in [0.1, 0.15) is 24.5 Å². The van der Waals surface area contributed by atoms with Crippen molar-refractivity contribution in [1.29, 1.82) is 0 Å². The molecule has 0 saturated carbocycles. The van der Waals surface area contributed by atoms with Crippen LogP contribution in [0.2, 0.25) is 0 Å². The van der Waals surface area contributed by atoms with E-state index in [9.17, 15) is 9.59 Å². The lowest BCUT2D eigenvalue weighted by atomic mass is 10.1. The van der Waals surface area contributed by atoms with Crippen LogP contribution in [0.5, 0.6) is 5.75 Å². The van der Waals surface area contributed by atoms with Gasteiger partial charge in [-0.05, 0) is 52.4 Å². The van der Waals surface area contributed by atoms with E-state index in [4.69, 9.17) is 14.2 Å². The highest BCUT2D eigenvalue weighted by Crippen LogP contribution is 2.30. The zero-order valence-corrected chi connectivity index (χ0v) is 18.6. The van der Waals surface area contributed by atoms with Crippen molar-refractivity contribution in [3.63, 3.8) is 0 Å². The van der Waals surface area contributed by atoms with E-state index in [-0.39, 0.29) is 6.42 Å². The average molecular weight is 516 g/mol. The molecule has 5 nitrogen and oxygen atoms in total. The fraction of sp³-hybridized carbons (Fsp3) is 0.167. The number of esters is 2. The molecule has 3 aromatic carbocycles. The van der Waals surface area contributed by atoms with Crippen LogP contribution in [0, 0.1) is 3.57 Å². The van der Waals surface area contributed by atoms with Crippen molar-refractivity contribution in [2.24, 2.45) is 0 Å². The van der Waals surface area contributed by atoms with E-state index in [0.717, 1.165) is 5.75 Å². The number of benzene rings is 3. The molecule has 4 rings (SSSR count). The Kier molecular flexibility index (Phi) is 7.46. The van der Waals surface area contributed by atoms with Crippen LogP contribution < -0.4 is 4.74 Å². The summed E-state index contributed by atoms with van der Waals surface area (Å²) in [5.41, 5.74) is 1.84. The van der Waals surface area contributed by atoms with Gasteiger partial charge < -0.3 is 14.2 Å². The lowest BCUT2D eigenvalue weighted by molar-refractivity contribution is -0.242. The maximum atomic E-state index is 11.1. The Labute approximate surface area is 189 Å². The maximum Gasteiger partial charge on any atom is 0.320 e. The normalized spacial score (nSPS) is 14.6. The molecule has 0 amide bonds. The highest BCUT2D eigenvalue weighted by atomic mass is 127. The highest BCUT2D eigenvalue weighted by Gasteiger charge is 2.40. The summed E-state index contributed by atoms with van der Waals surface area (Å²) in [6, 6.07) is 27.1. The van der Waals surface area contributed by atoms with E-state index in [1.807, 2.05) is 48.5 Å². The molecule has 1 saturated heterocycles. The van der Waals surface area contributed by atoms with E-state index < -0.39 is 17.7 Å². The standard InChI is InChI=1S/C13H11IO.C11H10O4/c14-12-6-8-13(9-7-12)15-10-11-4-2-1-3-5-11;1-11(8-5-3-2-4-6-8)14-9(12)7-10(13)15-11/h1-9H,10H2;2-6H,7H2,1H3. The van der Waals surface area contributed by atoms with Crippen LogP contribution in [-0.4, -0.2) is 11.9 Å². The lowest BCUT2D eigenvalue weighted by Crippen LogP contribution is -2.40. The molecular formula is C24H21IO5. The van der Waals surface area contributed by atoms with Crippen LogP contribution in [0.4, 0.5) is 0 Å². The van der Waals surface area contributed by atoms with E-state index >= 15 is 0 Å². The SMILES string of the molecule is CC1(c2ccccc2)OC(=O)CC(=O)O1.Ic1ccc(OCc2ccccc2)cc1. The zero-order valence-electron chi connectivity index (χ0n) is 16.4. The summed E-state index contributed by atoms with van der Waals surface area (Å²) >= 11 is 2.28. The minimum Gasteiger partial charge on any atom is -0.489 e. The third kappa shape index (κ3) is 6.32. The molecule has 154 valence electrons. The smallest absolute Gasteiger partial charge is 0.320 e. The van der Waals surface area contributed by atoms with Gasteiger partial charge in [0.1, 0.15) is 18.8 Å². The first-order chi connectivity index (χ1) is 14.4. The number of carbonyl (C=O) groups excluding carboxylic acids is 2. The Balaban J connectivity index is 0.000000171. The van der Waals surface area contributed by atoms with Crippen LogP contribution in [0.3, 0.4) is 0 Å². The van der Waals surface area contributed by atoms with E-state index in [1.54, 1.807) is 31.2 Å². The summed E-state index contributed by atoms with van der Waals surface area (Å²) in [6.45, 7) is 2.18. The third-order valence-corrected chi connectivity index (χ3v) is 4.99. The predicted molar refractivity (Wildman–Crippen MR) is 121 cm³/mol. The van der Waals surface area contributed by atoms with Gasteiger partial charge in [0.2, 0.25) is 0 Å². The molecule has 1 heterocycles. The van der Waals surface area contributed by atoms with E-state index in [2.05, 4.69) is 34.7 Å². The molecule has 0 bridgehead atoms. The largest absolute Gasteiger partial charge is 0.489 e. The summed E-state index contributed by atoms with van der Waals surface area (Å²) in [4.78, 5) is 22.3. The Hall–Kier alpha value is -2.87. The molecule has 0 N–H and O–H groups in total. The van der Waals surface area contributed by atoms with Crippen LogP contribution in [0.15, 0.2) is 84.9 Å². The first-order valence-electron chi connectivity index (χ1n) is 9.36. The number of ether oxygens (including phenoxy) is 3. The fourth-order valence-electron chi connectivity index (χ4n) is 2.78. The van der Waals surface area contributed by atoms with E-state index in [0.29, 0.717) is 12.2 Å². The van der Waals surface area contributed by atoms with Gasteiger partial charge in [0.25, 0.3) is 5.79 Å². The first-order valence-corrected chi connectivity index (χ1v) is 10.4. The molecule has 0 aromatic heterocycles. The first kappa shape index (κ1) is 21.8. The number of cyclic esters (lactones) is 2. The van der Waals surface area contributed by atoms with Gasteiger partial charge in [-0.25, -0.2) is 0 Å². The van der Waals surface area contributed by atoms with Crippen molar-refractivity contribution in [2.75, 3.05) is 0 Å². The number of rotatable bonds is 4. The zero-order chi connectivity index (χ0) is 21.4. The Morgan fingerprint density at radius 2 is 1.37 bits per heavy atom.